The van der Waals surface area contributed by atoms with Crippen molar-refractivity contribution in [3.05, 3.63) is 126 Å². The van der Waals surface area contributed by atoms with Gasteiger partial charge in [0.2, 0.25) is 0 Å². The van der Waals surface area contributed by atoms with E-state index in [1.807, 2.05) is 109 Å². The molecule has 0 aliphatic heterocycles. The monoisotopic (exact) mass is 528 g/mol. The van der Waals surface area contributed by atoms with Crippen molar-refractivity contribution >= 4 is 16.8 Å². The summed E-state index contributed by atoms with van der Waals surface area (Å²) in [4.78, 5) is 14.4. The molecule has 196 valence electrons. The van der Waals surface area contributed by atoms with Crippen LogP contribution in [0.3, 0.4) is 0 Å². The van der Waals surface area contributed by atoms with E-state index in [0.717, 1.165) is 21.6 Å². The quantitative estimate of drug-likeness (QED) is 0.201. The summed E-state index contributed by atoms with van der Waals surface area (Å²) in [6, 6.07) is 34.4. The summed E-state index contributed by atoms with van der Waals surface area (Å²) in [5.41, 5.74) is 1.46. The predicted octanol–water partition coefficient (Wildman–Crippen LogP) is 6.32. The minimum Gasteiger partial charge on any atom is -0.493 e. The van der Waals surface area contributed by atoms with Gasteiger partial charge in [0.05, 0.1) is 25.0 Å². The lowest BCUT2D eigenvalue weighted by molar-refractivity contribution is -0.146. The summed E-state index contributed by atoms with van der Waals surface area (Å²) in [5, 5.41) is 0. The number of rotatable bonds is 12. The SMILES string of the molecule is COC(=O)C(CCCS(=O)c1ccccc1)(c1ccccc1)c1ccc(OCc2ccccc2)c(OC)c1. The highest BCUT2D eigenvalue weighted by molar-refractivity contribution is 7.85. The second-order valence-corrected chi connectivity index (χ2v) is 10.4. The van der Waals surface area contributed by atoms with Gasteiger partial charge in [0, 0.05) is 10.6 Å². The summed E-state index contributed by atoms with van der Waals surface area (Å²) >= 11 is 0. The van der Waals surface area contributed by atoms with Crippen molar-refractivity contribution < 1.29 is 23.2 Å². The number of hydrogen-bond donors (Lipinski definition) is 0. The molecule has 38 heavy (non-hydrogen) atoms. The molecule has 0 bridgehead atoms. The molecule has 0 saturated carbocycles. The van der Waals surface area contributed by atoms with E-state index in [-0.39, 0.29) is 5.97 Å². The molecular weight excluding hydrogens is 496 g/mol. The van der Waals surface area contributed by atoms with Crippen molar-refractivity contribution in [2.24, 2.45) is 0 Å². The van der Waals surface area contributed by atoms with Crippen LogP contribution in [0.1, 0.15) is 29.5 Å². The van der Waals surface area contributed by atoms with Gasteiger partial charge >= 0.3 is 5.97 Å². The van der Waals surface area contributed by atoms with Crippen molar-refractivity contribution in [1.82, 2.24) is 0 Å². The van der Waals surface area contributed by atoms with E-state index in [1.165, 1.54) is 7.11 Å². The number of methoxy groups -OCH3 is 2. The fraction of sp³-hybridized carbons (Fsp3) is 0.219. The van der Waals surface area contributed by atoms with E-state index in [4.69, 9.17) is 14.2 Å². The van der Waals surface area contributed by atoms with Crippen LogP contribution in [-0.4, -0.2) is 30.2 Å². The maximum atomic E-state index is 13.6. The number of esters is 1. The summed E-state index contributed by atoms with van der Waals surface area (Å²) in [7, 11) is 1.81. The zero-order valence-electron chi connectivity index (χ0n) is 21.7. The third-order valence-corrected chi connectivity index (χ3v) is 8.04. The fourth-order valence-corrected chi connectivity index (χ4v) is 5.74. The van der Waals surface area contributed by atoms with E-state index >= 15 is 0 Å². The largest absolute Gasteiger partial charge is 0.493 e. The first-order chi connectivity index (χ1) is 18.6. The van der Waals surface area contributed by atoms with Gasteiger partial charge in [-0.05, 0) is 53.8 Å². The molecule has 0 aliphatic carbocycles. The van der Waals surface area contributed by atoms with Crippen LogP contribution < -0.4 is 9.47 Å². The molecule has 5 nitrogen and oxygen atoms in total. The van der Waals surface area contributed by atoms with E-state index in [9.17, 15) is 9.00 Å². The average molecular weight is 529 g/mol. The lowest BCUT2D eigenvalue weighted by Gasteiger charge is -2.33. The minimum absolute atomic E-state index is 0.380. The van der Waals surface area contributed by atoms with Crippen LogP contribution in [0, 0.1) is 0 Å². The Morgan fingerprint density at radius 2 is 1.39 bits per heavy atom. The van der Waals surface area contributed by atoms with E-state index < -0.39 is 16.2 Å². The second kappa shape index (κ2) is 13.1. The Morgan fingerprint density at radius 3 is 2.03 bits per heavy atom. The maximum absolute atomic E-state index is 13.6. The van der Waals surface area contributed by atoms with Crippen LogP contribution in [0.4, 0.5) is 0 Å². The zero-order chi connectivity index (χ0) is 26.8. The van der Waals surface area contributed by atoms with Gasteiger partial charge in [-0.2, -0.15) is 0 Å². The molecule has 2 unspecified atom stereocenters. The standard InChI is InChI=1S/C32H32O5S/c1-35-30-23-27(19-20-29(30)37-24-25-13-6-3-7-14-25)32(31(33)36-2,26-15-8-4-9-16-26)21-12-22-38(34)28-17-10-5-11-18-28/h3-11,13-20,23H,12,21-22,24H2,1-2H3. The molecule has 4 rings (SSSR count). The van der Waals surface area contributed by atoms with Crippen LogP contribution in [-0.2, 0) is 32.4 Å². The maximum Gasteiger partial charge on any atom is 0.320 e. The molecule has 4 aromatic rings. The Kier molecular flexibility index (Phi) is 9.33. The normalized spacial score (nSPS) is 13.2. The topological polar surface area (TPSA) is 61.8 Å². The first-order valence-corrected chi connectivity index (χ1v) is 13.8. The smallest absolute Gasteiger partial charge is 0.320 e. The lowest BCUT2D eigenvalue weighted by Crippen LogP contribution is -2.38. The van der Waals surface area contributed by atoms with Gasteiger partial charge in [-0.3, -0.25) is 9.00 Å². The second-order valence-electron chi connectivity index (χ2n) is 8.87. The van der Waals surface area contributed by atoms with Crippen molar-refractivity contribution in [1.29, 1.82) is 0 Å². The van der Waals surface area contributed by atoms with Gasteiger partial charge in [-0.25, -0.2) is 0 Å². The number of benzene rings is 4. The van der Waals surface area contributed by atoms with Crippen molar-refractivity contribution in [2.75, 3.05) is 20.0 Å². The van der Waals surface area contributed by atoms with Gasteiger partial charge in [-0.1, -0.05) is 84.9 Å². The Balaban J connectivity index is 1.67. The first kappa shape index (κ1) is 27.1. The Morgan fingerprint density at radius 1 is 0.763 bits per heavy atom. The molecule has 2 atom stereocenters. The van der Waals surface area contributed by atoms with Crippen LogP contribution >= 0.6 is 0 Å². The Labute approximate surface area is 226 Å². The molecule has 0 radical (unpaired) electrons. The highest BCUT2D eigenvalue weighted by Crippen LogP contribution is 2.42. The summed E-state index contributed by atoms with van der Waals surface area (Å²) in [6.07, 6.45) is 0.954. The number of hydrogen-bond acceptors (Lipinski definition) is 5. The first-order valence-electron chi connectivity index (χ1n) is 12.5. The molecule has 0 aromatic heterocycles. The highest BCUT2D eigenvalue weighted by atomic mass is 32.2. The molecule has 0 saturated heterocycles. The van der Waals surface area contributed by atoms with Crippen LogP contribution in [0.25, 0.3) is 0 Å². The van der Waals surface area contributed by atoms with Gasteiger partial charge in [-0.15, -0.1) is 0 Å². The molecule has 0 N–H and O–H groups in total. The van der Waals surface area contributed by atoms with Crippen LogP contribution in [0.5, 0.6) is 11.5 Å². The van der Waals surface area contributed by atoms with E-state index in [1.54, 1.807) is 7.11 Å². The molecule has 0 fully saturated rings. The van der Waals surface area contributed by atoms with E-state index in [2.05, 4.69) is 0 Å². The Hall–Kier alpha value is -3.90. The fourth-order valence-electron chi connectivity index (χ4n) is 4.64. The molecule has 0 spiro atoms. The number of carbonyl (C=O) groups is 1. The summed E-state index contributed by atoms with van der Waals surface area (Å²) < 4.78 is 30.1. The minimum atomic E-state index is -1.17. The number of ether oxygens (including phenoxy) is 3. The van der Waals surface area contributed by atoms with Gasteiger partial charge in [0.15, 0.2) is 11.5 Å². The molecular formula is C32H32O5S. The molecule has 0 amide bonds. The van der Waals surface area contributed by atoms with Gasteiger partial charge in [0.1, 0.15) is 12.0 Å². The van der Waals surface area contributed by atoms with Gasteiger partial charge in [0.25, 0.3) is 0 Å². The zero-order valence-corrected chi connectivity index (χ0v) is 22.5. The van der Waals surface area contributed by atoms with Crippen molar-refractivity contribution in [3.8, 4) is 11.5 Å². The van der Waals surface area contributed by atoms with E-state index in [0.29, 0.717) is 36.7 Å². The third-order valence-electron chi connectivity index (χ3n) is 6.58. The van der Waals surface area contributed by atoms with Crippen molar-refractivity contribution in [2.45, 2.75) is 29.8 Å². The third kappa shape index (κ3) is 6.14. The summed E-state index contributed by atoms with van der Waals surface area (Å²) in [6.45, 7) is 0.392. The van der Waals surface area contributed by atoms with Gasteiger partial charge < -0.3 is 14.2 Å². The van der Waals surface area contributed by atoms with Crippen LogP contribution in [0.2, 0.25) is 0 Å². The average Bonchev–Trinajstić information content (AvgIpc) is 2.99. The lowest BCUT2D eigenvalue weighted by atomic mass is 9.71. The molecule has 4 aromatic carbocycles. The Bertz CT molecular complexity index is 1340. The van der Waals surface area contributed by atoms with Crippen LogP contribution in [0.15, 0.2) is 114 Å². The highest BCUT2D eigenvalue weighted by Gasteiger charge is 2.43. The summed E-state index contributed by atoms with van der Waals surface area (Å²) in [5.74, 6) is 1.15. The molecule has 6 heteroatoms. The molecule has 0 heterocycles. The van der Waals surface area contributed by atoms with Crippen molar-refractivity contribution in [3.63, 3.8) is 0 Å². The number of carbonyl (C=O) groups excluding carboxylic acids is 1. The predicted molar refractivity (Wildman–Crippen MR) is 150 cm³/mol. The molecule has 0 aliphatic rings.